The number of carbonyl (C=O) groups excluding carboxylic acids is 4. The number of thioether (sulfide) groups is 1. The van der Waals surface area contributed by atoms with Gasteiger partial charge in [0, 0.05) is 16.1 Å². The molecule has 0 unspecified atom stereocenters. The van der Waals surface area contributed by atoms with Crippen molar-refractivity contribution < 1.29 is 19.2 Å². The van der Waals surface area contributed by atoms with E-state index in [-0.39, 0.29) is 28.4 Å². The normalized spacial score (nSPS) is 12.5. The Morgan fingerprint density at radius 1 is 0.774 bits per heavy atom. The van der Waals surface area contributed by atoms with E-state index in [1.165, 1.54) is 36.0 Å². The first-order valence-electron chi connectivity index (χ1n) is 9.39. The van der Waals surface area contributed by atoms with Gasteiger partial charge in [-0.3, -0.25) is 24.6 Å². The van der Waals surface area contributed by atoms with Crippen molar-refractivity contribution in [2.45, 2.75) is 4.90 Å². The summed E-state index contributed by atoms with van der Waals surface area (Å²) in [6, 6.07) is 22.2. The molecule has 0 saturated heterocycles. The van der Waals surface area contributed by atoms with Crippen LogP contribution in [0.5, 0.6) is 0 Å². The molecule has 1 aliphatic heterocycles. The minimum absolute atomic E-state index is 0.169. The van der Waals surface area contributed by atoms with E-state index in [2.05, 4.69) is 10.7 Å². The average Bonchev–Trinajstić information content (AvgIpc) is 3.04. The van der Waals surface area contributed by atoms with Gasteiger partial charge in [-0.2, -0.15) is 5.01 Å². The number of hydrazine groups is 1. The van der Waals surface area contributed by atoms with Crippen LogP contribution in [0, 0.1) is 0 Å². The zero-order valence-corrected chi connectivity index (χ0v) is 17.0. The van der Waals surface area contributed by atoms with Crippen LogP contribution in [0.15, 0.2) is 83.8 Å². The van der Waals surface area contributed by atoms with E-state index in [0.29, 0.717) is 10.7 Å². The lowest BCUT2D eigenvalue weighted by Gasteiger charge is -2.15. The van der Waals surface area contributed by atoms with Gasteiger partial charge >= 0.3 is 0 Å². The van der Waals surface area contributed by atoms with Crippen LogP contribution in [-0.4, -0.2) is 34.4 Å². The van der Waals surface area contributed by atoms with Gasteiger partial charge in [0.15, 0.2) is 0 Å². The third kappa shape index (κ3) is 4.49. The fraction of sp³-hybridized carbons (Fsp3) is 0.0435. The number of carbonyl (C=O) groups is 4. The summed E-state index contributed by atoms with van der Waals surface area (Å²) in [6.07, 6.45) is 0. The summed E-state index contributed by atoms with van der Waals surface area (Å²) in [6.45, 7) is 0. The van der Waals surface area contributed by atoms with Gasteiger partial charge in [0.05, 0.1) is 16.9 Å². The van der Waals surface area contributed by atoms with Gasteiger partial charge in [0.25, 0.3) is 17.7 Å². The molecule has 0 saturated carbocycles. The number of nitrogens with zero attached hydrogens (tertiary/aromatic N) is 1. The van der Waals surface area contributed by atoms with Crippen molar-refractivity contribution in [3.63, 3.8) is 0 Å². The highest BCUT2D eigenvalue weighted by Crippen LogP contribution is 2.21. The molecule has 1 heterocycles. The van der Waals surface area contributed by atoms with E-state index in [9.17, 15) is 19.2 Å². The first-order valence-corrected chi connectivity index (χ1v) is 10.4. The molecule has 1 aliphatic rings. The highest BCUT2D eigenvalue weighted by molar-refractivity contribution is 8.00. The Hall–Kier alpha value is -3.91. The number of hydrogen-bond donors (Lipinski definition) is 2. The number of hydrogen-bond acceptors (Lipinski definition) is 5. The summed E-state index contributed by atoms with van der Waals surface area (Å²) in [7, 11) is 0. The number of rotatable bonds is 6. The Morgan fingerprint density at radius 2 is 1.35 bits per heavy atom. The van der Waals surface area contributed by atoms with Gasteiger partial charge in [-0.1, -0.05) is 30.3 Å². The summed E-state index contributed by atoms with van der Waals surface area (Å²) in [4.78, 5) is 50.3. The SMILES string of the molecule is O=C(CSc1ccccc1)Nc1ccc(C(=O)NN2C(=O)c3ccccc3C2=O)cc1. The number of fused-ring (bicyclic) bond motifs is 1. The van der Waals surface area contributed by atoms with Crippen molar-refractivity contribution in [3.05, 3.63) is 95.6 Å². The highest BCUT2D eigenvalue weighted by atomic mass is 32.2. The van der Waals surface area contributed by atoms with Crippen molar-refractivity contribution in [1.29, 1.82) is 0 Å². The lowest BCUT2D eigenvalue weighted by molar-refractivity contribution is -0.113. The number of amides is 4. The summed E-state index contributed by atoms with van der Waals surface area (Å²) in [5, 5.41) is 3.48. The van der Waals surface area contributed by atoms with Crippen LogP contribution < -0.4 is 10.7 Å². The molecule has 4 amide bonds. The van der Waals surface area contributed by atoms with Crippen LogP contribution in [-0.2, 0) is 4.79 Å². The van der Waals surface area contributed by atoms with Crippen LogP contribution in [0.1, 0.15) is 31.1 Å². The van der Waals surface area contributed by atoms with Crippen molar-refractivity contribution in [2.75, 3.05) is 11.1 Å². The smallest absolute Gasteiger partial charge is 0.280 e. The van der Waals surface area contributed by atoms with Crippen molar-refractivity contribution in [2.24, 2.45) is 0 Å². The van der Waals surface area contributed by atoms with Crippen molar-refractivity contribution >= 4 is 41.1 Å². The highest BCUT2D eigenvalue weighted by Gasteiger charge is 2.36. The summed E-state index contributed by atoms with van der Waals surface area (Å²) in [5.74, 6) is -1.67. The first-order chi connectivity index (χ1) is 15.0. The lowest BCUT2D eigenvalue weighted by Crippen LogP contribution is -2.45. The van der Waals surface area contributed by atoms with Crippen LogP contribution in [0.4, 0.5) is 5.69 Å². The maximum atomic E-state index is 12.5. The number of imide groups is 1. The average molecular weight is 431 g/mol. The molecular formula is C23H17N3O4S. The summed E-state index contributed by atoms with van der Waals surface area (Å²) >= 11 is 1.42. The fourth-order valence-corrected chi connectivity index (χ4v) is 3.74. The molecule has 0 aliphatic carbocycles. The molecule has 31 heavy (non-hydrogen) atoms. The molecule has 2 N–H and O–H groups in total. The maximum Gasteiger partial charge on any atom is 0.280 e. The minimum atomic E-state index is -0.605. The molecule has 8 heteroatoms. The van der Waals surface area contributed by atoms with E-state index in [0.717, 1.165) is 4.90 Å². The zero-order chi connectivity index (χ0) is 21.8. The van der Waals surface area contributed by atoms with E-state index < -0.39 is 17.7 Å². The second-order valence-electron chi connectivity index (χ2n) is 6.66. The number of nitrogens with one attached hydrogen (secondary N) is 2. The van der Waals surface area contributed by atoms with Crippen LogP contribution in [0.25, 0.3) is 0 Å². The van der Waals surface area contributed by atoms with E-state index in [1.54, 1.807) is 24.3 Å². The molecule has 4 rings (SSSR count). The summed E-state index contributed by atoms with van der Waals surface area (Å²) in [5.41, 5.74) is 3.63. The second-order valence-corrected chi connectivity index (χ2v) is 7.71. The Labute approximate surface area is 182 Å². The Kier molecular flexibility index (Phi) is 5.81. The number of anilines is 1. The number of benzene rings is 3. The molecule has 7 nitrogen and oxygen atoms in total. The Morgan fingerprint density at radius 3 is 1.97 bits per heavy atom. The van der Waals surface area contributed by atoms with Crippen LogP contribution >= 0.6 is 11.8 Å². The minimum Gasteiger partial charge on any atom is -0.325 e. The predicted octanol–water partition coefficient (Wildman–Crippen LogP) is 3.36. The molecular weight excluding hydrogens is 414 g/mol. The molecule has 0 bridgehead atoms. The van der Waals surface area contributed by atoms with Gasteiger partial charge in [0.2, 0.25) is 5.91 Å². The first kappa shape index (κ1) is 20.4. The molecule has 0 radical (unpaired) electrons. The third-order valence-electron chi connectivity index (χ3n) is 4.55. The standard InChI is InChI=1S/C23H17N3O4S/c27-20(14-31-17-6-2-1-3-7-17)24-16-12-10-15(11-13-16)21(28)25-26-22(29)18-8-4-5-9-19(18)23(26)30/h1-13H,14H2,(H,24,27)(H,25,28). The molecule has 0 spiro atoms. The second kappa shape index (κ2) is 8.85. The molecule has 0 aromatic heterocycles. The molecule has 3 aromatic carbocycles. The van der Waals surface area contributed by atoms with Crippen LogP contribution in [0.3, 0.4) is 0 Å². The van der Waals surface area contributed by atoms with Gasteiger partial charge in [-0.15, -0.1) is 11.8 Å². The third-order valence-corrected chi connectivity index (χ3v) is 5.56. The molecule has 3 aromatic rings. The van der Waals surface area contributed by atoms with E-state index in [4.69, 9.17) is 0 Å². The Balaban J connectivity index is 1.34. The Bertz CT molecular complexity index is 1130. The quantitative estimate of drug-likeness (QED) is 0.461. The van der Waals surface area contributed by atoms with Gasteiger partial charge in [-0.05, 0) is 48.5 Å². The topological polar surface area (TPSA) is 95.6 Å². The zero-order valence-electron chi connectivity index (χ0n) is 16.2. The largest absolute Gasteiger partial charge is 0.325 e. The van der Waals surface area contributed by atoms with E-state index in [1.807, 2.05) is 30.3 Å². The van der Waals surface area contributed by atoms with Gasteiger partial charge in [-0.25, -0.2) is 0 Å². The monoisotopic (exact) mass is 431 g/mol. The van der Waals surface area contributed by atoms with Gasteiger partial charge < -0.3 is 5.32 Å². The molecule has 0 atom stereocenters. The van der Waals surface area contributed by atoms with Crippen molar-refractivity contribution in [3.8, 4) is 0 Å². The van der Waals surface area contributed by atoms with Crippen LogP contribution in [0.2, 0.25) is 0 Å². The molecule has 0 fully saturated rings. The maximum absolute atomic E-state index is 12.5. The van der Waals surface area contributed by atoms with E-state index >= 15 is 0 Å². The fourth-order valence-electron chi connectivity index (χ4n) is 3.02. The summed E-state index contributed by atoms with van der Waals surface area (Å²) < 4.78 is 0. The lowest BCUT2D eigenvalue weighted by atomic mass is 10.1. The predicted molar refractivity (Wildman–Crippen MR) is 117 cm³/mol. The molecule has 154 valence electrons. The van der Waals surface area contributed by atoms with Crippen molar-refractivity contribution in [1.82, 2.24) is 10.4 Å². The van der Waals surface area contributed by atoms with Gasteiger partial charge in [0.1, 0.15) is 0 Å².